The molecule has 2 saturated heterocycles. The number of alkyl halides is 1. The molecule has 1 amide bonds. The second-order valence-corrected chi connectivity index (χ2v) is 6.37. The van der Waals surface area contributed by atoms with Crippen molar-refractivity contribution in [2.45, 2.75) is 31.7 Å². The summed E-state index contributed by atoms with van der Waals surface area (Å²) in [5.41, 5.74) is 1.01. The van der Waals surface area contributed by atoms with Gasteiger partial charge in [0, 0.05) is 11.9 Å². The normalized spacial score (nSPS) is 28.2. The van der Waals surface area contributed by atoms with E-state index in [-0.39, 0.29) is 12.2 Å². The highest BCUT2D eigenvalue weighted by Crippen LogP contribution is 2.34. The number of carbonyl (C=O) groups excluding carboxylic acids is 1. The number of fused-ring (bicyclic) bond motifs is 1. The predicted octanol–water partition coefficient (Wildman–Crippen LogP) is 3.20. The third-order valence-corrected chi connectivity index (χ3v) is 4.99. The fourth-order valence-corrected chi connectivity index (χ4v) is 3.52. The van der Waals surface area contributed by atoms with Crippen LogP contribution >= 0.6 is 15.9 Å². The van der Waals surface area contributed by atoms with Crippen molar-refractivity contribution >= 4 is 22.0 Å². The van der Waals surface area contributed by atoms with Gasteiger partial charge in [0.05, 0.1) is 18.8 Å². The van der Waals surface area contributed by atoms with Crippen LogP contribution in [0.5, 0.6) is 0 Å². The Morgan fingerprint density at radius 2 is 2.19 bits per heavy atom. The van der Waals surface area contributed by atoms with Crippen molar-refractivity contribution in [2.75, 3.05) is 18.4 Å². The topological polar surface area (TPSA) is 38.8 Å². The number of halogens is 1. The maximum absolute atomic E-state index is 12.1. The highest BCUT2D eigenvalue weighted by molar-refractivity contribution is 9.09. The molecule has 2 aliphatic rings. The van der Waals surface area contributed by atoms with Crippen LogP contribution in [0.3, 0.4) is 0 Å². The maximum atomic E-state index is 12.1. The SMILES string of the molecule is O=C(OCc1ccccc1)N1CC[C@H]2CC(CBr)O[C@H]2C1. The van der Waals surface area contributed by atoms with Crippen molar-refractivity contribution in [3.05, 3.63) is 35.9 Å². The van der Waals surface area contributed by atoms with E-state index in [9.17, 15) is 4.79 Å². The Morgan fingerprint density at radius 1 is 1.38 bits per heavy atom. The lowest BCUT2D eigenvalue weighted by Gasteiger charge is -2.33. The maximum Gasteiger partial charge on any atom is 0.410 e. The van der Waals surface area contributed by atoms with Crippen molar-refractivity contribution in [2.24, 2.45) is 5.92 Å². The van der Waals surface area contributed by atoms with Crippen LogP contribution < -0.4 is 0 Å². The number of amides is 1. The van der Waals surface area contributed by atoms with Crippen molar-refractivity contribution in [3.63, 3.8) is 0 Å². The summed E-state index contributed by atoms with van der Waals surface area (Å²) in [5.74, 6) is 0.589. The number of ether oxygens (including phenoxy) is 2. The molecule has 1 aromatic carbocycles. The number of piperidine rings is 1. The molecular weight excluding hydrogens is 334 g/mol. The minimum Gasteiger partial charge on any atom is -0.445 e. The Labute approximate surface area is 133 Å². The van der Waals surface area contributed by atoms with Gasteiger partial charge in [-0.05, 0) is 24.3 Å². The average molecular weight is 354 g/mol. The van der Waals surface area contributed by atoms with Gasteiger partial charge in [-0.25, -0.2) is 4.79 Å². The van der Waals surface area contributed by atoms with Gasteiger partial charge in [0.15, 0.2) is 0 Å². The summed E-state index contributed by atoms with van der Waals surface area (Å²) in [6.07, 6.45) is 2.34. The van der Waals surface area contributed by atoms with Gasteiger partial charge in [-0.1, -0.05) is 46.3 Å². The first-order valence-electron chi connectivity index (χ1n) is 7.43. The molecule has 0 aliphatic carbocycles. The fourth-order valence-electron chi connectivity index (χ4n) is 3.11. The summed E-state index contributed by atoms with van der Waals surface area (Å²) in [7, 11) is 0. The number of rotatable bonds is 3. The molecule has 3 rings (SSSR count). The molecule has 4 nitrogen and oxygen atoms in total. The molecule has 0 radical (unpaired) electrons. The minimum atomic E-state index is -0.233. The summed E-state index contributed by atoms with van der Waals surface area (Å²) in [6.45, 7) is 1.75. The van der Waals surface area contributed by atoms with Gasteiger partial charge < -0.3 is 14.4 Å². The zero-order valence-corrected chi connectivity index (χ0v) is 13.5. The molecule has 114 valence electrons. The van der Waals surface area contributed by atoms with Crippen LogP contribution in [0.25, 0.3) is 0 Å². The number of nitrogens with zero attached hydrogens (tertiary/aromatic N) is 1. The Kier molecular flexibility index (Phi) is 4.80. The smallest absolute Gasteiger partial charge is 0.410 e. The Hall–Kier alpha value is -1.07. The largest absolute Gasteiger partial charge is 0.445 e. The quantitative estimate of drug-likeness (QED) is 0.783. The molecular formula is C16H20BrNO3. The molecule has 2 aliphatic heterocycles. The molecule has 0 saturated carbocycles. The van der Waals surface area contributed by atoms with Gasteiger partial charge in [-0.15, -0.1) is 0 Å². The Balaban J connectivity index is 1.50. The van der Waals surface area contributed by atoms with Crippen LogP contribution in [-0.2, 0) is 16.1 Å². The minimum absolute atomic E-state index is 0.172. The molecule has 2 fully saturated rings. The van der Waals surface area contributed by atoms with Crippen LogP contribution in [0, 0.1) is 5.92 Å². The van der Waals surface area contributed by atoms with Gasteiger partial charge in [0.1, 0.15) is 6.61 Å². The zero-order chi connectivity index (χ0) is 14.7. The molecule has 5 heteroatoms. The lowest BCUT2D eigenvalue weighted by atomic mass is 9.92. The van der Waals surface area contributed by atoms with E-state index in [0.717, 1.165) is 30.3 Å². The van der Waals surface area contributed by atoms with Crippen LogP contribution in [-0.4, -0.2) is 41.6 Å². The van der Waals surface area contributed by atoms with Crippen molar-refractivity contribution < 1.29 is 14.3 Å². The van der Waals surface area contributed by atoms with Gasteiger partial charge >= 0.3 is 6.09 Å². The average Bonchev–Trinajstić information content (AvgIpc) is 2.95. The zero-order valence-electron chi connectivity index (χ0n) is 11.9. The highest BCUT2D eigenvalue weighted by Gasteiger charge is 2.40. The van der Waals surface area contributed by atoms with Crippen molar-refractivity contribution in [1.29, 1.82) is 0 Å². The first kappa shape index (κ1) is 14.9. The summed E-state index contributed by atoms with van der Waals surface area (Å²) < 4.78 is 11.4. The van der Waals surface area contributed by atoms with E-state index in [1.807, 2.05) is 30.3 Å². The van der Waals surface area contributed by atoms with E-state index in [1.54, 1.807) is 4.90 Å². The second-order valence-electron chi connectivity index (χ2n) is 5.72. The fraction of sp³-hybridized carbons (Fsp3) is 0.562. The van der Waals surface area contributed by atoms with Crippen LogP contribution in [0.15, 0.2) is 30.3 Å². The van der Waals surface area contributed by atoms with Gasteiger partial charge in [0.2, 0.25) is 0 Å². The molecule has 3 atom stereocenters. The van der Waals surface area contributed by atoms with Crippen molar-refractivity contribution in [3.8, 4) is 0 Å². The molecule has 21 heavy (non-hydrogen) atoms. The van der Waals surface area contributed by atoms with E-state index in [1.165, 1.54) is 0 Å². The number of likely N-dealkylation sites (tertiary alicyclic amines) is 1. The van der Waals surface area contributed by atoms with E-state index >= 15 is 0 Å². The molecule has 0 aromatic heterocycles. The number of hydrogen-bond acceptors (Lipinski definition) is 3. The second kappa shape index (κ2) is 6.79. The number of benzene rings is 1. The van der Waals surface area contributed by atoms with Gasteiger partial charge in [-0.2, -0.15) is 0 Å². The Morgan fingerprint density at radius 3 is 2.95 bits per heavy atom. The van der Waals surface area contributed by atoms with E-state index in [0.29, 0.717) is 25.2 Å². The van der Waals surface area contributed by atoms with Gasteiger partial charge in [0.25, 0.3) is 0 Å². The Bertz CT molecular complexity index is 482. The monoisotopic (exact) mass is 353 g/mol. The first-order chi connectivity index (χ1) is 10.3. The summed E-state index contributed by atoms with van der Waals surface area (Å²) >= 11 is 3.47. The molecule has 0 N–H and O–H groups in total. The van der Waals surface area contributed by atoms with Crippen LogP contribution in [0.2, 0.25) is 0 Å². The van der Waals surface area contributed by atoms with Crippen LogP contribution in [0.4, 0.5) is 4.79 Å². The van der Waals surface area contributed by atoms with Crippen LogP contribution in [0.1, 0.15) is 18.4 Å². The lowest BCUT2D eigenvalue weighted by Crippen LogP contribution is -2.45. The van der Waals surface area contributed by atoms with Gasteiger partial charge in [-0.3, -0.25) is 0 Å². The van der Waals surface area contributed by atoms with Crippen molar-refractivity contribution in [1.82, 2.24) is 4.90 Å². The molecule has 1 unspecified atom stereocenters. The number of hydrogen-bond donors (Lipinski definition) is 0. The predicted molar refractivity (Wildman–Crippen MR) is 83.4 cm³/mol. The highest BCUT2D eigenvalue weighted by atomic mass is 79.9. The molecule has 0 spiro atoms. The first-order valence-corrected chi connectivity index (χ1v) is 8.55. The third-order valence-electron chi connectivity index (χ3n) is 4.26. The standard InChI is InChI=1S/C16H20BrNO3/c17-9-14-8-13-6-7-18(10-15(13)21-14)16(19)20-11-12-4-2-1-3-5-12/h1-5,13-15H,6-11H2/t13-,14?,15-/m0/s1. The lowest BCUT2D eigenvalue weighted by molar-refractivity contribution is -0.00194. The molecule has 0 bridgehead atoms. The molecule has 2 heterocycles. The molecule has 1 aromatic rings. The number of carbonyl (C=O) groups is 1. The van der Waals surface area contributed by atoms with E-state index < -0.39 is 0 Å². The summed E-state index contributed by atoms with van der Waals surface area (Å²) in [5, 5.41) is 0.873. The third kappa shape index (κ3) is 3.58. The van der Waals surface area contributed by atoms with E-state index in [4.69, 9.17) is 9.47 Å². The summed E-state index contributed by atoms with van der Waals surface area (Å²) in [4.78, 5) is 13.9. The summed E-state index contributed by atoms with van der Waals surface area (Å²) in [6, 6.07) is 9.76. The van der Waals surface area contributed by atoms with E-state index in [2.05, 4.69) is 15.9 Å².